The van der Waals surface area contributed by atoms with Crippen molar-refractivity contribution in [2.45, 2.75) is 12.6 Å². The zero-order chi connectivity index (χ0) is 23.6. The van der Waals surface area contributed by atoms with Crippen LogP contribution in [-0.2, 0) is 11.2 Å². The van der Waals surface area contributed by atoms with Crippen molar-refractivity contribution >= 4 is 22.8 Å². The Kier molecular flexibility index (Phi) is 5.82. The zero-order valence-electron chi connectivity index (χ0n) is 17.0. The molecule has 33 heavy (non-hydrogen) atoms. The standard InChI is InChI=1S/C21H16N4O.C2HF3O2/c26-21-16-11-20(25-18(16)6-8-23-21)14-5-7-22-19(10-14)15-9-13-3-1-2-4-17(13)24-12-15;3-2(4,5)1(6)7/h1-5,7,9-12,25H,6,8H2,(H,23,26);(H,6,7). The van der Waals surface area contributed by atoms with Crippen LogP contribution in [0.1, 0.15) is 16.1 Å². The number of nitrogens with one attached hydrogen (secondary N) is 2. The molecule has 168 valence electrons. The Balaban J connectivity index is 0.000000325. The highest BCUT2D eigenvalue weighted by Crippen LogP contribution is 2.28. The number of fused-ring (bicyclic) bond motifs is 2. The number of H-pyrrole nitrogens is 1. The highest BCUT2D eigenvalue weighted by atomic mass is 19.4. The van der Waals surface area contributed by atoms with Gasteiger partial charge in [0.15, 0.2) is 0 Å². The first kappa shape index (κ1) is 22.0. The molecule has 3 N–H and O–H groups in total. The topological polar surface area (TPSA) is 108 Å². The Labute approximate surface area is 185 Å². The number of hydrogen-bond acceptors (Lipinski definition) is 4. The predicted molar refractivity (Wildman–Crippen MR) is 114 cm³/mol. The van der Waals surface area contributed by atoms with Crippen molar-refractivity contribution in [3.8, 4) is 22.5 Å². The molecule has 0 bridgehead atoms. The molecule has 1 amide bonds. The summed E-state index contributed by atoms with van der Waals surface area (Å²) < 4.78 is 31.7. The quantitative estimate of drug-likeness (QED) is 0.421. The molecule has 0 saturated carbocycles. The van der Waals surface area contributed by atoms with Gasteiger partial charge < -0.3 is 15.4 Å². The van der Waals surface area contributed by atoms with E-state index in [1.165, 1.54) is 0 Å². The summed E-state index contributed by atoms with van der Waals surface area (Å²) in [6, 6.07) is 16.0. The highest BCUT2D eigenvalue weighted by Gasteiger charge is 2.38. The molecule has 5 rings (SSSR count). The van der Waals surface area contributed by atoms with Crippen LogP contribution in [0.25, 0.3) is 33.4 Å². The highest BCUT2D eigenvalue weighted by molar-refractivity contribution is 5.97. The predicted octanol–water partition coefficient (Wildman–Crippen LogP) is 4.21. The number of rotatable bonds is 2. The van der Waals surface area contributed by atoms with Crippen LogP contribution < -0.4 is 5.32 Å². The molecule has 1 aliphatic heterocycles. The van der Waals surface area contributed by atoms with Gasteiger partial charge in [-0.2, -0.15) is 13.2 Å². The first-order valence-corrected chi connectivity index (χ1v) is 9.84. The van der Waals surface area contributed by atoms with Crippen LogP contribution in [0.3, 0.4) is 0 Å². The van der Waals surface area contributed by atoms with Crippen molar-refractivity contribution in [2.75, 3.05) is 6.54 Å². The number of aromatic amines is 1. The molecule has 0 radical (unpaired) electrons. The Morgan fingerprint density at radius 2 is 1.79 bits per heavy atom. The van der Waals surface area contributed by atoms with Crippen LogP contribution in [0, 0.1) is 0 Å². The smallest absolute Gasteiger partial charge is 0.475 e. The molecule has 1 aromatic carbocycles. The van der Waals surface area contributed by atoms with Crippen molar-refractivity contribution in [2.24, 2.45) is 0 Å². The van der Waals surface area contributed by atoms with Crippen molar-refractivity contribution in [3.63, 3.8) is 0 Å². The lowest BCUT2D eigenvalue weighted by atomic mass is 10.1. The molecule has 3 aromatic heterocycles. The number of aliphatic carboxylic acids is 1. The Morgan fingerprint density at radius 3 is 2.52 bits per heavy atom. The lowest BCUT2D eigenvalue weighted by Crippen LogP contribution is -2.31. The number of benzene rings is 1. The first-order chi connectivity index (χ1) is 15.7. The Hall–Kier alpha value is -4.21. The Morgan fingerprint density at radius 1 is 1.03 bits per heavy atom. The maximum Gasteiger partial charge on any atom is 0.490 e. The van der Waals surface area contributed by atoms with E-state index in [1.807, 2.05) is 48.7 Å². The van der Waals surface area contributed by atoms with Crippen LogP contribution in [0.4, 0.5) is 13.2 Å². The van der Waals surface area contributed by atoms with Gasteiger partial charge in [0.05, 0.1) is 16.8 Å². The average molecular weight is 454 g/mol. The molecule has 7 nitrogen and oxygen atoms in total. The maximum absolute atomic E-state index is 12.0. The minimum atomic E-state index is -5.08. The molecule has 0 unspecified atom stereocenters. The number of carbonyl (C=O) groups excluding carboxylic acids is 1. The molecule has 4 heterocycles. The van der Waals surface area contributed by atoms with Crippen LogP contribution in [0.15, 0.2) is 60.9 Å². The molecule has 4 aromatic rings. The molecule has 1 aliphatic rings. The molecule has 0 atom stereocenters. The second kappa shape index (κ2) is 8.73. The van der Waals surface area contributed by atoms with Gasteiger partial charge in [0.2, 0.25) is 0 Å². The van der Waals surface area contributed by atoms with Gasteiger partial charge in [-0.3, -0.25) is 14.8 Å². The van der Waals surface area contributed by atoms with Gasteiger partial charge in [-0.25, -0.2) is 4.79 Å². The molecule has 0 spiro atoms. The summed E-state index contributed by atoms with van der Waals surface area (Å²) in [6.45, 7) is 0.677. The van der Waals surface area contributed by atoms with Gasteiger partial charge in [-0.05, 0) is 30.3 Å². The normalized spacial score (nSPS) is 13.0. The van der Waals surface area contributed by atoms with Crippen LogP contribution >= 0.6 is 0 Å². The van der Waals surface area contributed by atoms with E-state index < -0.39 is 12.1 Å². The summed E-state index contributed by atoms with van der Waals surface area (Å²) in [5.74, 6) is -2.77. The fourth-order valence-corrected chi connectivity index (χ4v) is 3.42. The number of amides is 1. The number of carboxylic acid groups (broad SMARTS) is 1. The second-order valence-electron chi connectivity index (χ2n) is 7.23. The second-order valence-corrected chi connectivity index (χ2v) is 7.23. The van der Waals surface area contributed by atoms with E-state index in [4.69, 9.17) is 9.90 Å². The average Bonchev–Trinajstić information content (AvgIpc) is 3.25. The largest absolute Gasteiger partial charge is 0.490 e. The number of alkyl halides is 3. The Bertz CT molecular complexity index is 1350. The summed E-state index contributed by atoms with van der Waals surface area (Å²) >= 11 is 0. The number of aromatic nitrogens is 3. The van der Waals surface area contributed by atoms with Crippen molar-refractivity contribution in [1.29, 1.82) is 0 Å². The molecule has 0 aliphatic carbocycles. The molecule has 10 heteroatoms. The fraction of sp³-hybridized carbons (Fsp3) is 0.130. The third-order valence-corrected chi connectivity index (χ3v) is 5.00. The number of nitrogens with zero attached hydrogens (tertiary/aromatic N) is 2. The van der Waals surface area contributed by atoms with Gasteiger partial charge >= 0.3 is 12.1 Å². The van der Waals surface area contributed by atoms with Gasteiger partial charge in [0.1, 0.15) is 0 Å². The van der Waals surface area contributed by atoms with E-state index in [-0.39, 0.29) is 5.91 Å². The zero-order valence-corrected chi connectivity index (χ0v) is 17.0. The molecule has 0 saturated heterocycles. The van der Waals surface area contributed by atoms with Crippen LogP contribution in [0.2, 0.25) is 0 Å². The SMILES string of the molecule is O=C(O)C(F)(F)F.O=C1NCCc2[nH]c(-c3ccnc(-c4cnc5ccccc5c4)c3)cc21. The summed E-state index contributed by atoms with van der Waals surface area (Å²) in [4.78, 5) is 33.3. The van der Waals surface area contributed by atoms with Gasteiger partial charge in [0, 0.05) is 53.3 Å². The molecular formula is C23H17F3N4O3. The van der Waals surface area contributed by atoms with E-state index in [0.29, 0.717) is 6.54 Å². The molecular weight excluding hydrogens is 437 g/mol. The lowest BCUT2D eigenvalue weighted by Gasteiger charge is -2.10. The minimum absolute atomic E-state index is 0.0123. The third kappa shape index (κ3) is 4.84. The first-order valence-electron chi connectivity index (χ1n) is 9.84. The minimum Gasteiger partial charge on any atom is -0.475 e. The monoisotopic (exact) mass is 454 g/mol. The summed E-state index contributed by atoms with van der Waals surface area (Å²) in [5.41, 5.74) is 6.47. The lowest BCUT2D eigenvalue weighted by molar-refractivity contribution is -0.192. The number of carbonyl (C=O) groups is 2. The van der Waals surface area contributed by atoms with E-state index in [0.717, 1.165) is 51.1 Å². The van der Waals surface area contributed by atoms with E-state index >= 15 is 0 Å². The van der Waals surface area contributed by atoms with Gasteiger partial charge in [-0.15, -0.1) is 0 Å². The maximum atomic E-state index is 12.0. The van der Waals surface area contributed by atoms with Crippen molar-refractivity contribution < 1.29 is 27.9 Å². The van der Waals surface area contributed by atoms with Crippen LogP contribution in [-0.4, -0.2) is 44.7 Å². The number of hydrogen-bond donors (Lipinski definition) is 3. The summed E-state index contributed by atoms with van der Waals surface area (Å²) in [5, 5.41) is 11.1. The third-order valence-electron chi connectivity index (χ3n) is 5.00. The van der Waals surface area contributed by atoms with Crippen LogP contribution in [0.5, 0.6) is 0 Å². The van der Waals surface area contributed by atoms with Crippen molar-refractivity contribution in [3.05, 3.63) is 72.2 Å². The fourth-order valence-electron chi connectivity index (χ4n) is 3.42. The number of halogens is 3. The van der Waals surface area contributed by atoms with Gasteiger partial charge in [0.25, 0.3) is 5.91 Å². The molecule has 0 fully saturated rings. The van der Waals surface area contributed by atoms with Gasteiger partial charge in [-0.1, -0.05) is 18.2 Å². The van der Waals surface area contributed by atoms with Crippen molar-refractivity contribution in [1.82, 2.24) is 20.3 Å². The number of carboxylic acids is 1. The van der Waals surface area contributed by atoms with E-state index in [1.54, 1.807) is 6.20 Å². The van der Waals surface area contributed by atoms with E-state index in [2.05, 4.69) is 26.3 Å². The summed E-state index contributed by atoms with van der Waals surface area (Å²) in [7, 11) is 0. The number of pyridine rings is 2. The number of para-hydroxylation sites is 1. The summed E-state index contributed by atoms with van der Waals surface area (Å²) in [6.07, 6.45) is -0.616. The van der Waals surface area contributed by atoms with E-state index in [9.17, 15) is 18.0 Å².